The fourth-order valence-corrected chi connectivity index (χ4v) is 4.80. The summed E-state index contributed by atoms with van der Waals surface area (Å²) >= 11 is 0. The van der Waals surface area contributed by atoms with Crippen LogP contribution in [0.4, 0.5) is 19.0 Å². The van der Waals surface area contributed by atoms with Crippen molar-refractivity contribution in [2.75, 3.05) is 24.5 Å². The molecule has 5 rings (SSSR count). The molecule has 2 aliphatic rings. The number of primary amides is 1. The molecule has 35 heavy (non-hydrogen) atoms. The predicted molar refractivity (Wildman–Crippen MR) is 124 cm³/mol. The molecule has 0 unspecified atom stereocenters. The number of alkyl halides is 3. The molecule has 1 aromatic carbocycles. The van der Waals surface area contributed by atoms with Crippen LogP contribution in [0.1, 0.15) is 36.8 Å². The number of nitrogens with two attached hydrogens (primary N) is 1. The smallest absolute Gasteiger partial charge is 0.369 e. The number of piperidine rings is 1. The standard InChI is InChI=1S/C24H28F3N7O/c25-24(26,27)18-3-1-16(2-4-18)12-34(19-5-6-19)23-21-22(29-14-30-23)33(15-31-21)11-17-7-9-32(10-8-17)13-20(28)35/h1-4,14-15,17,19H,5-13H2,(H2,28,35). The van der Waals surface area contributed by atoms with E-state index in [0.717, 1.165) is 68.7 Å². The molecular formula is C24H28F3N7O. The average Bonchev–Trinajstić information content (AvgIpc) is 3.59. The van der Waals surface area contributed by atoms with Gasteiger partial charge in [0.15, 0.2) is 17.0 Å². The third-order valence-corrected chi connectivity index (χ3v) is 6.82. The summed E-state index contributed by atoms with van der Waals surface area (Å²) in [6, 6.07) is 5.59. The van der Waals surface area contributed by atoms with Gasteiger partial charge in [0, 0.05) is 19.1 Å². The lowest BCUT2D eigenvalue weighted by atomic mass is 9.96. The summed E-state index contributed by atoms with van der Waals surface area (Å²) in [7, 11) is 0. The van der Waals surface area contributed by atoms with Crippen molar-refractivity contribution in [2.24, 2.45) is 11.7 Å². The Morgan fingerprint density at radius 2 is 1.77 bits per heavy atom. The Labute approximate surface area is 200 Å². The third kappa shape index (κ3) is 5.39. The summed E-state index contributed by atoms with van der Waals surface area (Å²) in [6.45, 7) is 3.21. The van der Waals surface area contributed by atoms with Crippen molar-refractivity contribution in [1.29, 1.82) is 0 Å². The van der Waals surface area contributed by atoms with Crippen LogP contribution in [-0.2, 0) is 24.1 Å². The van der Waals surface area contributed by atoms with Crippen LogP contribution in [0, 0.1) is 5.92 Å². The van der Waals surface area contributed by atoms with Gasteiger partial charge in [0.05, 0.1) is 18.4 Å². The van der Waals surface area contributed by atoms with Crippen LogP contribution in [0.2, 0.25) is 0 Å². The lowest BCUT2D eigenvalue weighted by Crippen LogP contribution is -2.40. The number of rotatable bonds is 8. The first-order chi connectivity index (χ1) is 16.8. The fraction of sp³-hybridized carbons (Fsp3) is 0.500. The fourth-order valence-electron chi connectivity index (χ4n) is 4.80. The van der Waals surface area contributed by atoms with Crippen molar-refractivity contribution in [1.82, 2.24) is 24.4 Å². The third-order valence-electron chi connectivity index (χ3n) is 6.82. The van der Waals surface area contributed by atoms with Crippen LogP contribution in [0.25, 0.3) is 11.2 Å². The summed E-state index contributed by atoms with van der Waals surface area (Å²) in [5, 5.41) is 0. The first-order valence-corrected chi connectivity index (χ1v) is 11.9. The van der Waals surface area contributed by atoms with Gasteiger partial charge in [-0.05, 0) is 62.4 Å². The van der Waals surface area contributed by atoms with E-state index in [1.807, 2.05) is 0 Å². The molecule has 0 spiro atoms. The summed E-state index contributed by atoms with van der Waals surface area (Å²) in [6.07, 6.45) is 2.93. The number of hydrogen-bond donors (Lipinski definition) is 1. The molecule has 2 N–H and O–H groups in total. The summed E-state index contributed by atoms with van der Waals surface area (Å²) in [5.41, 5.74) is 6.91. The highest BCUT2D eigenvalue weighted by atomic mass is 19.4. The summed E-state index contributed by atoms with van der Waals surface area (Å²) < 4.78 is 40.9. The highest BCUT2D eigenvalue weighted by Gasteiger charge is 2.33. The van der Waals surface area contributed by atoms with Crippen LogP contribution >= 0.6 is 0 Å². The summed E-state index contributed by atoms with van der Waals surface area (Å²) in [4.78, 5) is 29.0. The van der Waals surface area contributed by atoms with Crippen LogP contribution < -0.4 is 10.6 Å². The number of nitrogens with zero attached hydrogens (tertiary/aromatic N) is 6. The van der Waals surface area contributed by atoms with Crippen molar-refractivity contribution >= 4 is 22.9 Å². The molecule has 0 atom stereocenters. The molecule has 1 amide bonds. The normalized spacial score (nSPS) is 17.7. The molecule has 8 nitrogen and oxygen atoms in total. The number of halogens is 3. The molecule has 0 radical (unpaired) electrons. The van der Waals surface area contributed by atoms with Gasteiger partial charge in [0.1, 0.15) is 6.33 Å². The van der Waals surface area contributed by atoms with E-state index in [0.29, 0.717) is 30.3 Å². The second kappa shape index (κ2) is 9.44. The van der Waals surface area contributed by atoms with Gasteiger partial charge in [0.2, 0.25) is 5.91 Å². The molecule has 1 aliphatic carbocycles. The number of hydrogen-bond acceptors (Lipinski definition) is 6. The van der Waals surface area contributed by atoms with Crippen LogP contribution in [-0.4, -0.2) is 56.0 Å². The van der Waals surface area contributed by atoms with E-state index in [1.165, 1.54) is 18.5 Å². The maximum Gasteiger partial charge on any atom is 0.416 e. The Balaban J connectivity index is 1.32. The molecule has 1 saturated carbocycles. The van der Waals surface area contributed by atoms with E-state index in [1.54, 1.807) is 6.33 Å². The Hall–Kier alpha value is -3.21. The van der Waals surface area contributed by atoms with Crippen molar-refractivity contribution in [3.8, 4) is 0 Å². The summed E-state index contributed by atoms with van der Waals surface area (Å²) in [5.74, 6) is 0.860. The largest absolute Gasteiger partial charge is 0.416 e. The molecule has 0 bridgehead atoms. The van der Waals surface area contributed by atoms with Crippen molar-refractivity contribution in [2.45, 2.75) is 51.0 Å². The number of likely N-dealkylation sites (tertiary alicyclic amines) is 1. The monoisotopic (exact) mass is 487 g/mol. The number of amides is 1. The van der Waals surface area contributed by atoms with E-state index in [4.69, 9.17) is 5.73 Å². The Morgan fingerprint density at radius 1 is 1.06 bits per heavy atom. The first kappa shape index (κ1) is 23.5. The zero-order chi connectivity index (χ0) is 24.6. The lowest BCUT2D eigenvalue weighted by Gasteiger charge is -2.31. The van der Waals surface area contributed by atoms with Gasteiger partial charge in [-0.1, -0.05) is 12.1 Å². The van der Waals surface area contributed by atoms with Gasteiger partial charge < -0.3 is 15.2 Å². The SMILES string of the molecule is NC(=O)CN1CCC(Cn2cnc3c(N(Cc4ccc(C(F)(F)F)cc4)C4CC4)ncnc32)CC1. The number of carbonyl (C=O) groups is 1. The quantitative estimate of drug-likeness (QED) is 0.525. The molecule has 3 heterocycles. The van der Waals surface area contributed by atoms with Gasteiger partial charge in [0.25, 0.3) is 0 Å². The van der Waals surface area contributed by atoms with Gasteiger partial charge >= 0.3 is 6.18 Å². The zero-order valence-corrected chi connectivity index (χ0v) is 19.3. The predicted octanol–water partition coefficient (Wildman–Crippen LogP) is 3.21. The molecule has 1 aliphatic heterocycles. The number of carbonyl (C=O) groups excluding carboxylic acids is 1. The number of benzene rings is 1. The molecule has 1 saturated heterocycles. The Morgan fingerprint density at radius 3 is 2.40 bits per heavy atom. The van der Waals surface area contributed by atoms with Gasteiger partial charge in [-0.15, -0.1) is 0 Å². The zero-order valence-electron chi connectivity index (χ0n) is 19.3. The number of anilines is 1. The topological polar surface area (TPSA) is 93.2 Å². The Kier molecular flexibility index (Phi) is 6.35. The molecule has 2 fully saturated rings. The van der Waals surface area contributed by atoms with Gasteiger partial charge in [-0.3, -0.25) is 9.69 Å². The minimum atomic E-state index is -4.35. The maximum atomic E-state index is 12.9. The number of fused-ring (bicyclic) bond motifs is 1. The molecular weight excluding hydrogens is 459 g/mol. The highest BCUT2D eigenvalue weighted by molar-refractivity contribution is 5.83. The van der Waals surface area contributed by atoms with Crippen LogP contribution in [0.3, 0.4) is 0 Å². The maximum absolute atomic E-state index is 12.9. The minimum absolute atomic E-state index is 0.287. The van der Waals surface area contributed by atoms with Crippen molar-refractivity contribution in [3.05, 3.63) is 48.0 Å². The van der Waals surface area contributed by atoms with Crippen molar-refractivity contribution in [3.63, 3.8) is 0 Å². The molecule has 11 heteroatoms. The number of aromatic nitrogens is 4. The lowest BCUT2D eigenvalue weighted by molar-refractivity contribution is -0.137. The van der Waals surface area contributed by atoms with E-state index in [9.17, 15) is 18.0 Å². The van der Waals surface area contributed by atoms with E-state index in [2.05, 4.69) is 29.3 Å². The Bertz CT molecular complexity index is 1180. The highest BCUT2D eigenvalue weighted by Crippen LogP contribution is 2.36. The molecule has 3 aromatic rings. The van der Waals surface area contributed by atoms with Gasteiger partial charge in [-0.25, -0.2) is 15.0 Å². The van der Waals surface area contributed by atoms with E-state index in [-0.39, 0.29) is 11.9 Å². The average molecular weight is 488 g/mol. The first-order valence-electron chi connectivity index (χ1n) is 11.9. The van der Waals surface area contributed by atoms with Crippen LogP contribution in [0.15, 0.2) is 36.9 Å². The van der Waals surface area contributed by atoms with Crippen molar-refractivity contribution < 1.29 is 18.0 Å². The second-order valence-corrected chi connectivity index (χ2v) is 9.51. The van der Waals surface area contributed by atoms with Crippen LogP contribution in [0.5, 0.6) is 0 Å². The number of imidazole rings is 1. The van der Waals surface area contributed by atoms with E-state index >= 15 is 0 Å². The molecule has 186 valence electrons. The second-order valence-electron chi connectivity index (χ2n) is 9.51. The van der Waals surface area contributed by atoms with Gasteiger partial charge in [-0.2, -0.15) is 13.2 Å². The minimum Gasteiger partial charge on any atom is -0.369 e. The molecule has 2 aromatic heterocycles. The van der Waals surface area contributed by atoms with E-state index < -0.39 is 11.7 Å².